The smallest absolute Gasteiger partial charge is 0.188 e. The molecular weight excluding hydrogens is 234 g/mol. The minimum Gasteiger partial charge on any atom is -0.289 e. The summed E-state index contributed by atoms with van der Waals surface area (Å²) in [6.07, 6.45) is 1.80. The third kappa shape index (κ3) is 3.17. The van der Waals surface area contributed by atoms with Crippen LogP contribution in [0, 0.1) is 11.3 Å². The number of ketones is 1. The summed E-state index contributed by atoms with van der Waals surface area (Å²) in [4.78, 5) is 12.2. The van der Waals surface area contributed by atoms with Crippen molar-refractivity contribution in [3.05, 3.63) is 76.9 Å². The fourth-order valence-electron chi connectivity index (χ4n) is 1.83. The summed E-state index contributed by atoms with van der Waals surface area (Å²) in [6, 6.07) is 18.4. The number of hydrogen-bond acceptors (Lipinski definition) is 2. The van der Waals surface area contributed by atoms with Gasteiger partial charge in [0, 0.05) is 5.56 Å². The van der Waals surface area contributed by atoms with Crippen molar-refractivity contribution >= 4 is 11.9 Å². The molecule has 2 heteroatoms. The van der Waals surface area contributed by atoms with Crippen LogP contribution in [-0.2, 0) is 0 Å². The highest BCUT2D eigenvalue weighted by Crippen LogP contribution is 2.13. The lowest BCUT2D eigenvalue weighted by atomic mass is 10.0. The summed E-state index contributed by atoms with van der Waals surface area (Å²) in [6.45, 7) is 1.79. The Kier molecular flexibility index (Phi) is 3.90. The van der Waals surface area contributed by atoms with E-state index in [2.05, 4.69) is 6.07 Å². The first-order chi connectivity index (χ1) is 9.20. The molecule has 19 heavy (non-hydrogen) atoms. The highest BCUT2D eigenvalue weighted by atomic mass is 16.1. The topological polar surface area (TPSA) is 40.9 Å². The van der Waals surface area contributed by atoms with Crippen LogP contribution >= 0.6 is 0 Å². The fourth-order valence-corrected chi connectivity index (χ4v) is 1.83. The Balaban J connectivity index is 2.28. The lowest BCUT2D eigenvalue weighted by molar-refractivity contribution is 0.103. The molecule has 0 aliphatic rings. The zero-order chi connectivity index (χ0) is 13.7. The molecule has 2 aromatic carbocycles. The van der Waals surface area contributed by atoms with E-state index in [1.165, 1.54) is 0 Å². The monoisotopic (exact) mass is 247 g/mol. The van der Waals surface area contributed by atoms with E-state index < -0.39 is 0 Å². The van der Waals surface area contributed by atoms with Crippen LogP contribution in [0.3, 0.4) is 0 Å². The van der Waals surface area contributed by atoms with Crippen molar-refractivity contribution in [2.24, 2.45) is 0 Å². The minimum absolute atomic E-state index is 0.00274. The molecule has 0 atom stereocenters. The summed E-state index contributed by atoms with van der Waals surface area (Å²) in [7, 11) is 0. The molecule has 0 aliphatic carbocycles. The summed E-state index contributed by atoms with van der Waals surface area (Å²) < 4.78 is 0. The molecule has 2 rings (SSSR count). The first-order valence-corrected chi connectivity index (χ1v) is 5.99. The van der Waals surface area contributed by atoms with E-state index in [-0.39, 0.29) is 5.78 Å². The number of nitriles is 1. The fraction of sp³-hybridized carbons (Fsp3) is 0.0588. The van der Waals surface area contributed by atoms with Gasteiger partial charge < -0.3 is 0 Å². The summed E-state index contributed by atoms with van der Waals surface area (Å²) in [5, 5.41) is 8.85. The van der Waals surface area contributed by atoms with E-state index >= 15 is 0 Å². The van der Waals surface area contributed by atoms with Gasteiger partial charge in [0.15, 0.2) is 5.78 Å². The minimum atomic E-state index is 0.00274. The van der Waals surface area contributed by atoms with Crippen molar-refractivity contribution in [2.45, 2.75) is 6.92 Å². The van der Waals surface area contributed by atoms with Gasteiger partial charge in [0.1, 0.15) is 0 Å². The van der Waals surface area contributed by atoms with E-state index in [1.54, 1.807) is 37.3 Å². The van der Waals surface area contributed by atoms with Gasteiger partial charge in [0.05, 0.1) is 11.6 Å². The maximum absolute atomic E-state index is 12.2. The zero-order valence-corrected chi connectivity index (χ0v) is 10.6. The van der Waals surface area contributed by atoms with Crippen LogP contribution in [0.2, 0.25) is 0 Å². The molecule has 0 spiro atoms. The molecule has 0 N–H and O–H groups in total. The molecule has 0 saturated heterocycles. The Hall–Kier alpha value is -2.66. The Labute approximate surface area is 112 Å². The molecule has 0 aromatic heterocycles. The average Bonchev–Trinajstić information content (AvgIpc) is 2.47. The molecule has 0 bridgehead atoms. The van der Waals surface area contributed by atoms with Crippen LogP contribution in [0.1, 0.15) is 28.4 Å². The average molecular weight is 247 g/mol. The van der Waals surface area contributed by atoms with Gasteiger partial charge in [-0.2, -0.15) is 5.26 Å². The highest BCUT2D eigenvalue weighted by molar-refractivity contribution is 6.10. The zero-order valence-electron chi connectivity index (χ0n) is 10.6. The molecular formula is C17H13NO. The number of rotatable bonds is 3. The molecule has 2 nitrogen and oxygen atoms in total. The second-order valence-corrected chi connectivity index (χ2v) is 4.26. The Morgan fingerprint density at radius 3 is 2.53 bits per heavy atom. The first kappa shape index (κ1) is 12.8. The van der Waals surface area contributed by atoms with Crippen molar-refractivity contribution in [1.29, 1.82) is 5.26 Å². The van der Waals surface area contributed by atoms with E-state index in [4.69, 9.17) is 5.26 Å². The highest BCUT2D eigenvalue weighted by Gasteiger charge is 2.07. The predicted octanol–water partition coefficient (Wildman–Crippen LogP) is 3.84. The van der Waals surface area contributed by atoms with Crippen LogP contribution in [-0.4, -0.2) is 5.78 Å². The van der Waals surface area contributed by atoms with Gasteiger partial charge in [0.25, 0.3) is 0 Å². The quantitative estimate of drug-likeness (QED) is 0.610. The molecule has 0 heterocycles. The van der Waals surface area contributed by atoms with E-state index in [0.717, 1.165) is 5.56 Å². The van der Waals surface area contributed by atoms with Gasteiger partial charge in [-0.25, -0.2) is 0 Å². The number of nitrogens with zero attached hydrogens (tertiary/aromatic N) is 1. The summed E-state index contributed by atoms with van der Waals surface area (Å²) in [5.41, 5.74) is 2.78. The summed E-state index contributed by atoms with van der Waals surface area (Å²) >= 11 is 0. The van der Waals surface area contributed by atoms with Crippen LogP contribution < -0.4 is 0 Å². The van der Waals surface area contributed by atoms with Crippen molar-refractivity contribution in [3.8, 4) is 6.07 Å². The molecule has 0 fully saturated rings. The maximum atomic E-state index is 12.2. The molecule has 92 valence electrons. The Bertz CT molecular complexity index is 663. The number of carbonyl (C=O) groups is 1. The number of benzene rings is 2. The second-order valence-electron chi connectivity index (χ2n) is 4.26. The molecule has 0 saturated carbocycles. The number of allylic oxidation sites excluding steroid dienone is 1. The third-order valence-corrected chi connectivity index (χ3v) is 2.79. The van der Waals surface area contributed by atoms with Gasteiger partial charge in [-0.1, -0.05) is 42.5 Å². The largest absolute Gasteiger partial charge is 0.289 e. The van der Waals surface area contributed by atoms with E-state index in [9.17, 15) is 4.79 Å². The lowest BCUT2D eigenvalue weighted by Gasteiger charge is -2.01. The van der Waals surface area contributed by atoms with Crippen LogP contribution in [0.4, 0.5) is 0 Å². The SMILES string of the molecule is C/C(=C\c1cccc(C#N)c1)C(=O)c1ccccc1. The number of hydrogen-bond donors (Lipinski definition) is 0. The normalized spacial score (nSPS) is 10.8. The molecule has 0 aliphatic heterocycles. The number of carbonyl (C=O) groups excluding carboxylic acids is 1. The summed E-state index contributed by atoms with van der Waals surface area (Å²) in [5.74, 6) is 0.00274. The first-order valence-electron chi connectivity index (χ1n) is 5.99. The Morgan fingerprint density at radius 1 is 1.11 bits per heavy atom. The van der Waals surface area contributed by atoms with Crippen molar-refractivity contribution in [1.82, 2.24) is 0 Å². The maximum Gasteiger partial charge on any atom is 0.188 e. The van der Waals surface area contributed by atoms with E-state index in [1.807, 2.05) is 30.3 Å². The molecule has 0 unspecified atom stereocenters. The van der Waals surface area contributed by atoms with Crippen molar-refractivity contribution in [3.63, 3.8) is 0 Å². The van der Waals surface area contributed by atoms with Crippen LogP contribution in [0.15, 0.2) is 60.2 Å². The predicted molar refractivity (Wildman–Crippen MR) is 75.6 cm³/mol. The van der Waals surface area contributed by atoms with Crippen molar-refractivity contribution in [2.75, 3.05) is 0 Å². The standard InChI is InChI=1S/C17H13NO/c1-13(17(19)16-8-3-2-4-9-16)10-14-6-5-7-15(11-14)12-18/h2-11H,1H3/b13-10+. The van der Waals surface area contributed by atoms with Gasteiger partial charge in [0.2, 0.25) is 0 Å². The lowest BCUT2D eigenvalue weighted by Crippen LogP contribution is -1.99. The Morgan fingerprint density at radius 2 is 1.84 bits per heavy atom. The second kappa shape index (κ2) is 5.79. The van der Waals surface area contributed by atoms with Gasteiger partial charge in [-0.05, 0) is 36.3 Å². The molecule has 0 amide bonds. The molecule has 0 radical (unpaired) electrons. The third-order valence-electron chi connectivity index (χ3n) is 2.79. The van der Waals surface area contributed by atoms with Gasteiger partial charge >= 0.3 is 0 Å². The number of Topliss-reactive ketones (excluding diaryl/α,β-unsaturated/α-hetero) is 1. The van der Waals surface area contributed by atoms with Gasteiger partial charge in [-0.3, -0.25) is 4.79 Å². The van der Waals surface area contributed by atoms with Crippen LogP contribution in [0.25, 0.3) is 6.08 Å². The van der Waals surface area contributed by atoms with Gasteiger partial charge in [-0.15, -0.1) is 0 Å². The molecule has 2 aromatic rings. The van der Waals surface area contributed by atoms with Crippen LogP contribution in [0.5, 0.6) is 0 Å². The van der Waals surface area contributed by atoms with Crippen molar-refractivity contribution < 1.29 is 4.79 Å². The van der Waals surface area contributed by atoms with E-state index in [0.29, 0.717) is 16.7 Å².